The Morgan fingerprint density at radius 2 is 1.93 bits per heavy atom. The maximum absolute atomic E-state index is 6.10. The second-order valence-corrected chi connectivity index (χ2v) is 5.91. The molecule has 0 amide bonds. The standard InChI is InChI=1S/C12H25N3/c1-12(2,13)10-14-6-4-8-15-7-3-5-11(15)9-14/h11H,3-10,13H2,1-2H3. The van der Waals surface area contributed by atoms with Crippen LogP contribution < -0.4 is 5.73 Å². The van der Waals surface area contributed by atoms with E-state index in [0.717, 1.165) is 12.6 Å². The van der Waals surface area contributed by atoms with Crippen LogP contribution in [0, 0.1) is 0 Å². The smallest absolute Gasteiger partial charge is 0.0226 e. The van der Waals surface area contributed by atoms with Gasteiger partial charge in [0.2, 0.25) is 0 Å². The molecule has 3 heteroatoms. The lowest BCUT2D eigenvalue weighted by Gasteiger charge is -2.30. The Balaban J connectivity index is 1.91. The molecule has 0 bridgehead atoms. The van der Waals surface area contributed by atoms with E-state index in [1.807, 2.05) is 0 Å². The van der Waals surface area contributed by atoms with Gasteiger partial charge in [-0.15, -0.1) is 0 Å². The highest BCUT2D eigenvalue weighted by Crippen LogP contribution is 2.21. The first-order valence-electron chi connectivity index (χ1n) is 6.30. The van der Waals surface area contributed by atoms with Gasteiger partial charge in [0.15, 0.2) is 0 Å². The Morgan fingerprint density at radius 3 is 2.67 bits per heavy atom. The average Bonchev–Trinajstić information content (AvgIpc) is 2.43. The van der Waals surface area contributed by atoms with E-state index in [4.69, 9.17) is 5.73 Å². The Bertz CT molecular complexity index is 209. The van der Waals surface area contributed by atoms with E-state index in [-0.39, 0.29) is 5.54 Å². The first kappa shape index (κ1) is 11.4. The van der Waals surface area contributed by atoms with E-state index in [2.05, 4.69) is 23.6 Å². The summed E-state index contributed by atoms with van der Waals surface area (Å²) in [6.45, 7) is 10.4. The molecule has 1 atom stereocenters. The summed E-state index contributed by atoms with van der Waals surface area (Å²) in [6.07, 6.45) is 4.10. The van der Waals surface area contributed by atoms with E-state index < -0.39 is 0 Å². The highest BCUT2D eigenvalue weighted by Gasteiger charge is 2.29. The number of hydrogen-bond acceptors (Lipinski definition) is 3. The summed E-state index contributed by atoms with van der Waals surface area (Å²) >= 11 is 0. The molecule has 2 aliphatic heterocycles. The maximum Gasteiger partial charge on any atom is 0.0226 e. The largest absolute Gasteiger partial charge is 0.324 e. The van der Waals surface area contributed by atoms with Crippen molar-refractivity contribution in [3.8, 4) is 0 Å². The topological polar surface area (TPSA) is 32.5 Å². The highest BCUT2D eigenvalue weighted by atomic mass is 15.3. The number of rotatable bonds is 2. The third-order valence-electron chi connectivity index (χ3n) is 3.52. The van der Waals surface area contributed by atoms with Crippen LogP contribution in [-0.4, -0.2) is 54.1 Å². The van der Waals surface area contributed by atoms with Crippen LogP contribution in [0.1, 0.15) is 33.1 Å². The van der Waals surface area contributed by atoms with Crippen molar-refractivity contribution in [1.29, 1.82) is 0 Å². The minimum Gasteiger partial charge on any atom is -0.324 e. The molecule has 2 rings (SSSR count). The summed E-state index contributed by atoms with van der Waals surface area (Å²) in [5.41, 5.74) is 6.05. The lowest BCUT2D eigenvalue weighted by Crippen LogP contribution is -2.47. The quantitative estimate of drug-likeness (QED) is 0.736. The lowest BCUT2D eigenvalue weighted by atomic mass is 10.1. The summed E-state index contributed by atoms with van der Waals surface area (Å²) in [5, 5.41) is 0. The number of nitrogens with two attached hydrogens (primary N) is 1. The SMILES string of the molecule is CC(C)(N)CN1CCCN2CCCC2C1. The Kier molecular flexibility index (Phi) is 3.33. The van der Waals surface area contributed by atoms with E-state index in [1.165, 1.54) is 45.4 Å². The predicted molar refractivity (Wildman–Crippen MR) is 63.9 cm³/mol. The van der Waals surface area contributed by atoms with Crippen LogP contribution in [0.3, 0.4) is 0 Å². The van der Waals surface area contributed by atoms with E-state index in [0.29, 0.717) is 0 Å². The molecule has 0 aromatic rings. The van der Waals surface area contributed by atoms with Crippen molar-refractivity contribution in [3.63, 3.8) is 0 Å². The molecule has 2 N–H and O–H groups in total. The molecular formula is C12H25N3. The number of hydrogen-bond donors (Lipinski definition) is 1. The Hall–Kier alpha value is -0.120. The van der Waals surface area contributed by atoms with Gasteiger partial charge >= 0.3 is 0 Å². The molecule has 1 unspecified atom stereocenters. The van der Waals surface area contributed by atoms with Gasteiger partial charge in [-0.2, -0.15) is 0 Å². The van der Waals surface area contributed by atoms with Gasteiger partial charge in [-0.25, -0.2) is 0 Å². The highest BCUT2D eigenvalue weighted by molar-refractivity contribution is 4.87. The summed E-state index contributed by atoms with van der Waals surface area (Å²) in [6, 6.07) is 0.815. The summed E-state index contributed by atoms with van der Waals surface area (Å²) < 4.78 is 0. The molecule has 0 aromatic carbocycles. The molecule has 88 valence electrons. The molecule has 0 aromatic heterocycles. The van der Waals surface area contributed by atoms with Crippen LogP contribution in [0.2, 0.25) is 0 Å². The van der Waals surface area contributed by atoms with Gasteiger partial charge in [-0.05, 0) is 52.7 Å². The van der Waals surface area contributed by atoms with Crippen LogP contribution in [0.4, 0.5) is 0 Å². The normalized spacial score (nSPS) is 30.2. The molecule has 0 aliphatic carbocycles. The van der Waals surface area contributed by atoms with E-state index in [9.17, 15) is 0 Å². The van der Waals surface area contributed by atoms with Crippen molar-refractivity contribution >= 4 is 0 Å². The minimum atomic E-state index is -0.0478. The molecular weight excluding hydrogens is 186 g/mol. The van der Waals surface area contributed by atoms with Crippen LogP contribution in [-0.2, 0) is 0 Å². The Morgan fingerprint density at radius 1 is 1.20 bits per heavy atom. The fourth-order valence-corrected chi connectivity index (χ4v) is 3.00. The molecule has 0 radical (unpaired) electrons. The molecule has 2 fully saturated rings. The van der Waals surface area contributed by atoms with Gasteiger partial charge in [0.05, 0.1) is 0 Å². The van der Waals surface area contributed by atoms with Crippen LogP contribution >= 0.6 is 0 Å². The zero-order valence-corrected chi connectivity index (χ0v) is 10.2. The second kappa shape index (κ2) is 4.40. The molecule has 3 nitrogen and oxygen atoms in total. The van der Waals surface area contributed by atoms with Crippen LogP contribution in [0.15, 0.2) is 0 Å². The fraction of sp³-hybridized carbons (Fsp3) is 1.00. The van der Waals surface area contributed by atoms with Crippen molar-refractivity contribution in [1.82, 2.24) is 9.80 Å². The third-order valence-corrected chi connectivity index (χ3v) is 3.52. The third kappa shape index (κ3) is 3.16. The van der Waals surface area contributed by atoms with Crippen LogP contribution in [0.5, 0.6) is 0 Å². The van der Waals surface area contributed by atoms with Gasteiger partial charge in [-0.1, -0.05) is 0 Å². The summed E-state index contributed by atoms with van der Waals surface area (Å²) in [7, 11) is 0. The van der Waals surface area contributed by atoms with Gasteiger partial charge in [0.1, 0.15) is 0 Å². The first-order chi connectivity index (χ1) is 7.04. The van der Waals surface area contributed by atoms with Crippen molar-refractivity contribution < 1.29 is 0 Å². The maximum atomic E-state index is 6.10. The fourth-order valence-electron chi connectivity index (χ4n) is 3.00. The molecule has 0 spiro atoms. The summed E-state index contributed by atoms with van der Waals surface area (Å²) in [5.74, 6) is 0. The lowest BCUT2D eigenvalue weighted by molar-refractivity contribution is 0.195. The average molecular weight is 211 g/mol. The molecule has 2 heterocycles. The van der Waals surface area contributed by atoms with Crippen molar-refractivity contribution in [2.75, 3.05) is 32.7 Å². The molecule has 0 saturated carbocycles. The van der Waals surface area contributed by atoms with Crippen molar-refractivity contribution in [2.45, 2.75) is 44.7 Å². The van der Waals surface area contributed by atoms with Crippen molar-refractivity contribution in [2.24, 2.45) is 5.73 Å². The zero-order chi connectivity index (χ0) is 10.9. The van der Waals surface area contributed by atoms with Crippen molar-refractivity contribution in [3.05, 3.63) is 0 Å². The van der Waals surface area contributed by atoms with Gasteiger partial charge < -0.3 is 5.73 Å². The van der Waals surface area contributed by atoms with E-state index in [1.54, 1.807) is 0 Å². The Labute approximate surface area is 93.6 Å². The second-order valence-electron chi connectivity index (χ2n) is 5.91. The molecule has 15 heavy (non-hydrogen) atoms. The molecule has 2 saturated heterocycles. The van der Waals surface area contributed by atoms with Gasteiger partial charge in [-0.3, -0.25) is 9.80 Å². The predicted octanol–water partition coefficient (Wildman–Crippen LogP) is 0.894. The first-order valence-corrected chi connectivity index (χ1v) is 6.30. The summed E-state index contributed by atoms with van der Waals surface area (Å²) in [4.78, 5) is 5.24. The number of fused-ring (bicyclic) bond motifs is 1. The van der Waals surface area contributed by atoms with Gasteiger partial charge in [0, 0.05) is 24.7 Å². The minimum absolute atomic E-state index is 0.0478. The zero-order valence-electron chi connectivity index (χ0n) is 10.2. The van der Waals surface area contributed by atoms with Gasteiger partial charge in [0.25, 0.3) is 0 Å². The van der Waals surface area contributed by atoms with E-state index >= 15 is 0 Å². The van der Waals surface area contributed by atoms with Crippen LogP contribution in [0.25, 0.3) is 0 Å². The monoisotopic (exact) mass is 211 g/mol. The number of nitrogens with zero attached hydrogens (tertiary/aromatic N) is 2. The molecule has 2 aliphatic rings.